The molecule has 0 amide bonds. The Morgan fingerprint density at radius 1 is 0.284 bits per heavy atom. The third-order valence-electron chi connectivity index (χ3n) is 20.7. The fraction of sp³-hybridized carbons (Fsp3) is 0.302. The van der Waals surface area contributed by atoms with E-state index in [0.29, 0.717) is 0 Å². The minimum absolute atomic E-state index is 0.0577. The zero-order valence-electron chi connectivity index (χ0n) is 53.1. The van der Waals surface area contributed by atoms with Crippen LogP contribution in [-0.4, -0.2) is 0 Å². The molecule has 0 atom stereocenters. The second kappa shape index (κ2) is 25.9. The predicted octanol–water partition coefficient (Wildman–Crippen LogP) is 26.4. The summed E-state index contributed by atoms with van der Waals surface area (Å²) in [7, 11) is 0. The van der Waals surface area contributed by atoms with E-state index in [-0.39, 0.29) is 10.8 Å². The van der Waals surface area contributed by atoms with E-state index >= 15 is 0 Å². The normalized spacial score (nSPS) is 13.9. The lowest BCUT2D eigenvalue weighted by atomic mass is 9.65. The van der Waals surface area contributed by atoms with Crippen LogP contribution in [0.1, 0.15) is 189 Å². The molecule has 2 nitrogen and oxygen atoms in total. The smallest absolute Gasteiger partial charge is 0.0540 e. The largest absolute Gasteiger partial charge is 0.309 e. The van der Waals surface area contributed by atoms with Gasteiger partial charge in [-0.05, 0) is 174 Å². The van der Waals surface area contributed by atoms with Crippen LogP contribution < -0.4 is 9.80 Å². The SMILES string of the molecule is C=Cc1cc2c(-c3ccccc3N3c4ccccc4C(CCCCCC)(CCCCCC)c4ccccc43)ccc3c4ccc(-c5ccccc5N5c6ccccc6C(CCCCCC)(CCCCCC)c6ccccc65)c5cc(C=C)cc(c(c1)c23)c54. The molecule has 2 heterocycles. The van der Waals surface area contributed by atoms with Gasteiger partial charge < -0.3 is 9.80 Å². The highest BCUT2D eigenvalue weighted by molar-refractivity contribution is 6.36. The Hall–Kier alpha value is -8.20. The minimum Gasteiger partial charge on any atom is -0.309 e. The summed E-state index contributed by atoms with van der Waals surface area (Å²) in [6.07, 6.45) is 28.9. The maximum absolute atomic E-state index is 4.46. The molecule has 0 N–H and O–H groups in total. The van der Waals surface area contributed by atoms with Gasteiger partial charge in [0, 0.05) is 22.0 Å². The van der Waals surface area contributed by atoms with Gasteiger partial charge in [-0.2, -0.15) is 0 Å². The van der Waals surface area contributed by atoms with Gasteiger partial charge in [0.2, 0.25) is 0 Å². The average Bonchev–Trinajstić information content (AvgIpc) is 0.780. The molecule has 11 aromatic carbocycles. The molecule has 11 aromatic rings. The molecule has 0 radical (unpaired) electrons. The van der Waals surface area contributed by atoms with E-state index in [2.05, 4.69) is 245 Å². The van der Waals surface area contributed by atoms with Crippen molar-refractivity contribution in [3.8, 4) is 22.3 Å². The quantitative estimate of drug-likeness (QED) is 0.0303. The van der Waals surface area contributed by atoms with Crippen LogP contribution in [0.15, 0.2) is 207 Å². The zero-order chi connectivity index (χ0) is 60.2. The molecule has 2 aliphatic heterocycles. The Labute approximate surface area is 526 Å². The highest BCUT2D eigenvalue weighted by Crippen LogP contribution is 2.60. The molecule has 0 aromatic heterocycles. The van der Waals surface area contributed by atoms with E-state index in [1.807, 2.05) is 12.2 Å². The molecule has 0 spiro atoms. The Morgan fingerprint density at radius 3 is 0.875 bits per heavy atom. The van der Waals surface area contributed by atoms with E-state index in [1.165, 1.54) is 250 Å². The second-order valence-electron chi connectivity index (χ2n) is 25.9. The van der Waals surface area contributed by atoms with Crippen molar-refractivity contribution in [2.45, 2.75) is 167 Å². The average molecular weight is 1150 g/mol. The molecular formula is C86H90N2. The third-order valence-corrected chi connectivity index (χ3v) is 20.7. The van der Waals surface area contributed by atoms with E-state index in [0.717, 1.165) is 11.1 Å². The van der Waals surface area contributed by atoms with Gasteiger partial charge in [-0.1, -0.05) is 289 Å². The van der Waals surface area contributed by atoms with Gasteiger partial charge >= 0.3 is 0 Å². The van der Waals surface area contributed by atoms with E-state index in [9.17, 15) is 0 Å². The highest BCUT2D eigenvalue weighted by Gasteiger charge is 2.45. The number of fused-ring (bicyclic) bond motifs is 6. The molecule has 0 saturated heterocycles. The molecule has 0 bridgehead atoms. The molecule has 0 fully saturated rings. The van der Waals surface area contributed by atoms with Gasteiger partial charge in [-0.3, -0.25) is 0 Å². The molecule has 0 unspecified atom stereocenters. The van der Waals surface area contributed by atoms with Crippen LogP contribution >= 0.6 is 0 Å². The second-order valence-corrected chi connectivity index (χ2v) is 25.9. The monoisotopic (exact) mass is 1150 g/mol. The van der Waals surface area contributed by atoms with Crippen molar-refractivity contribution in [1.29, 1.82) is 0 Å². The molecular weight excluding hydrogens is 1060 g/mol. The van der Waals surface area contributed by atoms with Crippen LogP contribution in [0.3, 0.4) is 0 Å². The highest BCUT2D eigenvalue weighted by atomic mass is 15.2. The number of hydrogen-bond donors (Lipinski definition) is 0. The molecule has 13 rings (SSSR count). The molecule has 0 aliphatic carbocycles. The Bertz CT molecular complexity index is 3910. The topological polar surface area (TPSA) is 6.48 Å². The fourth-order valence-electron chi connectivity index (χ4n) is 16.5. The van der Waals surface area contributed by atoms with Crippen molar-refractivity contribution in [1.82, 2.24) is 0 Å². The van der Waals surface area contributed by atoms with Crippen LogP contribution in [-0.2, 0) is 10.8 Å². The summed E-state index contributed by atoms with van der Waals surface area (Å²) in [5.74, 6) is 0. The first-order valence-corrected chi connectivity index (χ1v) is 34.1. The number of anilines is 6. The van der Waals surface area contributed by atoms with Gasteiger partial charge in [0.15, 0.2) is 0 Å². The van der Waals surface area contributed by atoms with E-state index in [4.69, 9.17) is 0 Å². The van der Waals surface area contributed by atoms with Gasteiger partial charge in [-0.15, -0.1) is 0 Å². The molecule has 2 aliphatic rings. The van der Waals surface area contributed by atoms with Crippen LogP contribution in [0.5, 0.6) is 0 Å². The summed E-state index contributed by atoms with van der Waals surface area (Å²) in [6, 6.07) is 75.6. The Morgan fingerprint density at radius 2 is 0.568 bits per heavy atom. The summed E-state index contributed by atoms with van der Waals surface area (Å²) in [4.78, 5) is 5.24. The summed E-state index contributed by atoms with van der Waals surface area (Å²) in [5.41, 5.74) is 20.5. The standard InChI is InChI=1S/C86H90N2/c1-7-13-17-33-53-85(54-34-18-14-8-2)73-39-23-29-45-79(73)87(80-46-30-24-40-74(80)85)77-43-27-21-37-65(77)63-49-51-67-68-52-50-64(70-58-62(12-6)60-72(84(68)70)71-59-61(11-5)57-69(63)83(67)71)66-38-22-28-44-78(66)88-81-47-31-25-41-75(81)86(55-35-19-15-9-3,56-36-20-16-10-4)76-42-26-32-48-82(76)88/h11-12,21-32,37-52,57-60H,5-10,13-20,33-36,53-56H2,1-4H3. The first-order valence-electron chi connectivity index (χ1n) is 34.1. The van der Waals surface area contributed by atoms with Crippen molar-refractivity contribution in [3.05, 3.63) is 241 Å². The number of rotatable bonds is 26. The molecule has 444 valence electrons. The van der Waals surface area contributed by atoms with Gasteiger partial charge in [0.05, 0.1) is 34.1 Å². The fourth-order valence-corrected chi connectivity index (χ4v) is 16.5. The number of benzene rings is 11. The number of para-hydroxylation sites is 6. The van der Waals surface area contributed by atoms with Crippen molar-refractivity contribution in [2.24, 2.45) is 0 Å². The third kappa shape index (κ3) is 10.2. The van der Waals surface area contributed by atoms with E-state index in [1.54, 1.807) is 0 Å². The lowest BCUT2D eigenvalue weighted by molar-refractivity contribution is 0.391. The summed E-state index contributed by atoms with van der Waals surface area (Å²) in [5, 5.41) is 10.1. The van der Waals surface area contributed by atoms with E-state index < -0.39 is 0 Å². The lowest BCUT2D eigenvalue weighted by Crippen LogP contribution is -2.36. The van der Waals surface area contributed by atoms with Gasteiger partial charge in [0.25, 0.3) is 0 Å². The lowest BCUT2D eigenvalue weighted by Gasteiger charge is -2.46. The van der Waals surface area contributed by atoms with Crippen LogP contribution in [0.25, 0.3) is 77.5 Å². The van der Waals surface area contributed by atoms with Gasteiger partial charge in [-0.25, -0.2) is 0 Å². The minimum atomic E-state index is -0.0577. The summed E-state index contributed by atoms with van der Waals surface area (Å²) < 4.78 is 0. The first-order chi connectivity index (χ1) is 43.4. The molecule has 2 heteroatoms. The molecule has 88 heavy (non-hydrogen) atoms. The van der Waals surface area contributed by atoms with Crippen LogP contribution in [0.4, 0.5) is 34.1 Å². The summed E-state index contributed by atoms with van der Waals surface area (Å²) >= 11 is 0. The first kappa shape index (κ1) is 58.8. The van der Waals surface area contributed by atoms with Crippen molar-refractivity contribution in [3.63, 3.8) is 0 Å². The summed E-state index contributed by atoms with van der Waals surface area (Å²) in [6.45, 7) is 18.3. The maximum Gasteiger partial charge on any atom is 0.0540 e. The van der Waals surface area contributed by atoms with Crippen LogP contribution in [0.2, 0.25) is 0 Å². The van der Waals surface area contributed by atoms with Crippen molar-refractivity contribution >= 4 is 89.4 Å². The van der Waals surface area contributed by atoms with Crippen molar-refractivity contribution in [2.75, 3.05) is 9.80 Å². The molecule has 0 saturated carbocycles. The van der Waals surface area contributed by atoms with Gasteiger partial charge in [0.1, 0.15) is 0 Å². The van der Waals surface area contributed by atoms with Crippen LogP contribution in [0, 0.1) is 0 Å². The van der Waals surface area contributed by atoms with Crippen molar-refractivity contribution < 1.29 is 0 Å². The predicted molar refractivity (Wildman–Crippen MR) is 385 cm³/mol. The number of hydrogen-bond acceptors (Lipinski definition) is 2. The maximum atomic E-state index is 4.46. The Kier molecular flexibility index (Phi) is 17.3. The Balaban J connectivity index is 0.980. The zero-order valence-corrected chi connectivity index (χ0v) is 53.1. The number of nitrogens with zero attached hydrogens (tertiary/aromatic N) is 2. The number of unbranched alkanes of at least 4 members (excludes halogenated alkanes) is 12.